The van der Waals surface area contributed by atoms with Gasteiger partial charge in [-0.05, 0) is 25.0 Å². The van der Waals surface area contributed by atoms with Gasteiger partial charge in [0.05, 0.1) is 11.9 Å². The molecule has 16 heavy (non-hydrogen) atoms. The van der Waals surface area contributed by atoms with Crippen LogP contribution in [-0.4, -0.2) is 40.9 Å². The first-order chi connectivity index (χ1) is 7.83. The Kier molecular flexibility index (Phi) is 4.57. The molecule has 1 aromatic rings. The lowest BCUT2D eigenvalue weighted by Gasteiger charge is -2.29. The number of nitrogens with zero attached hydrogens (tertiary/aromatic N) is 2. The molecule has 0 amide bonds. The second kappa shape index (κ2) is 5.95. The highest BCUT2D eigenvalue weighted by Gasteiger charge is 2.26. The average molecular weight is 259 g/mol. The fourth-order valence-corrected chi connectivity index (χ4v) is 3.89. The third-order valence-electron chi connectivity index (χ3n) is 2.69. The van der Waals surface area contributed by atoms with Gasteiger partial charge in [0.2, 0.25) is 0 Å². The molecule has 0 radical (unpaired) electrons. The van der Waals surface area contributed by atoms with Gasteiger partial charge in [-0.1, -0.05) is 18.7 Å². The predicted octanol–water partition coefficient (Wildman–Crippen LogP) is 1.57. The number of rotatable bonds is 4. The summed E-state index contributed by atoms with van der Waals surface area (Å²) in [6.07, 6.45) is 1.99. The van der Waals surface area contributed by atoms with Crippen LogP contribution in [0.2, 0.25) is 0 Å². The van der Waals surface area contributed by atoms with Gasteiger partial charge in [0.15, 0.2) is 4.34 Å². The summed E-state index contributed by atoms with van der Waals surface area (Å²) in [5.74, 6) is 0.949. The van der Waals surface area contributed by atoms with Gasteiger partial charge in [-0.15, -0.1) is 0 Å². The van der Waals surface area contributed by atoms with E-state index < -0.39 is 0 Å². The quantitative estimate of drug-likeness (QED) is 0.889. The molecular weight excluding hydrogens is 242 g/mol. The number of ether oxygens (including phenoxy) is 1. The van der Waals surface area contributed by atoms with E-state index in [1.807, 2.05) is 7.05 Å². The Hall–Kier alpha value is -0.170. The molecule has 1 fully saturated rings. The molecule has 0 saturated carbocycles. The minimum Gasteiger partial charge on any atom is -0.380 e. The van der Waals surface area contributed by atoms with Gasteiger partial charge in [-0.2, -0.15) is 4.37 Å². The zero-order chi connectivity index (χ0) is 11.4. The monoisotopic (exact) mass is 259 g/mol. The van der Waals surface area contributed by atoms with Crippen LogP contribution in [0.4, 0.5) is 0 Å². The largest absolute Gasteiger partial charge is 0.380 e. The summed E-state index contributed by atoms with van der Waals surface area (Å²) in [5.41, 5.74) is 0. The molecule has 0 aromatic carbocycles. The van der Waals surface area contributed by atoms with E-state index in [9.17, 15) is 0 Å². The molecule has 1 saturated heterocycles. The normalized spacial score (nSPS) is 25.9. The summed E-state index contributed by atoms with van der Waals surface area (Å²) in [5, 5.41) is 3.81. The molecule has 2 heterocycles. The van der Waals surface area contributed by atoms with E-state index in [0.29, 0.717) is 11.3 Å². The smallest absolute Gasteiger partial charge is 0.170 e. The molecule has 1 aromatic heterocycles. The van der Waals surface area contributed by atoms with Crippen LogP contribution in [0.5, 0.6) is 0 Å². The highest BCUT2D eigenvalue weighted by atomic mass is 32.2. The van der Waals surface area contributed by atoms with Crippen LogP contribution in [0.15, 0.2) is 4.34 Å². The van der Waals surface area contributed by atoms with Crippen molar-refractivity contribution in [2.75, 3.05) is 20.3 Å². The third kappa shape index (κ3) is 2.94. The Balaban J connectivity index is 1.96. The van der Waals surface area contributed by atoms with Crippen LogP contribution in [0.25, 0.3) is 0 Å². The second-order valence-corrected chi connectivity index (χ2v) is 5.98. The third-order valence-corrected chi connectivity index (χ3v) is 4.81. The summed E-state index contributed by atoms with van der Waals surface area (Å²) in [6.45, 7) is 3.74. The first-order valence-electron chi connectivity index (χ1n) is 5.57. The molecular formula is C10H17N3OS2. The van der Waals surface area contributed by atoms with E-state index in [4.69, 9.17) is 4.74 Å². The van der Waals surface area contributed by atoms with E-state index in [0.717, 1.165) is 36.2 Å². The van der Waals surface area contributed by atoms with Crippen molar-refractivity contribution < 1.29 is 4.74 Å². The maximum Gasteiger partial charge on any atom is 0.170 e. The fraction of sp³-hybridized carbons (Fsp3) is 0.800. The Morgan fingerprint density at radius 1 is 1.62 bits per heavy atom. The molecule has 0 spiro atoms. The maximum absolute atomic E-state index is 5.52. The van der Waals surface area contributed by atoms with Gasteiger partial charge >= 0.3 is 0 Å². The first kappa shape index (κ1) is 12.3. The van der Waals surface area contributed by atoms with Gasteiger partial charge in [-0.25, -0.2) is 4.98 Å². The molecule has 0 bridgehead atoms. The van der Waals surface area contributed by atoms with Gasteiger partial charge < -0.3 is 10.1 Å². The van der Waals surface area contributed by atoms with Gasteiger partial charge in [-0.3, -0.25) is 0 Å². The molecule has 90 valence electrons. The van der Waals surface area contributed by atoms with Crippen molar-refractivity contribution in [1.82, 2.24) is 14.7 Å². The first-order valence-corrected chi connectivity index (χ1v) is 7.23. The van der Waals surface area contributed by atoms with Crippen molar-refractivity contribution in [2.45, 2.75) is 35.4 Å². The number of aromatic nitrogens is 2. The predicted molar refractivity (Wildman–Crippen MR) is 67.2 cm³/mol. The molecule has 2 atom stereocenters. The molecule has 1 N–H and O–H groups in total. The van der Waals surface area contributed by atoms with E-state index in [-0.39, 0.29) is 0 Å². The average Bonchev–Trinajstić information content (AvgIpc) is 2.77. The lowest BCUT2D eigenvalue weighted by atomic mass is 10.1. The highest BCUT2D eigenvalue weighted by Crippen LogP contribution is 2.30. The fourth-order valence-electron chi connectivity index (χ4n) is 1.72. The zero-order valence-electron chi connectivity index (χ0n) is 9.60. The minimum atomic E-state index is 0.455. The standard InChI is InChI=1S/C10H17N3OS2/c1-3-9-12-10(16-13-9)15-8-6-14-5-4-7(8)11-2/h7-8,11H,3-6H2,1-2H3. The zero-order valence-corrected chi connectivity index (χ0v) is 11.2. The van der Waals surface area contributed by atoms with Crippen molar-refractivity contribution in [3.63, 3.8) is 0 Å². The van der Waals surface area contributed by atoms with E-state index in [1.54, 1.807) is 11.8 Å². The van der Waals surface area contributed by atoms with Crippen molar-refractivity contribution in [2.24, 2.45) is 0 Å². The van der Waals surface area contributed by atoms with Crippen molar-refractivity contribution in [3.8, 4) is 0 Å². The number of thioether (sulfide) groups is 1. The molecule has 2 unspecified atom stereocenters. The van der Waals surface area contributed by atoms with Crippen LogP contribution in [0.3, 0.4) is 0 Å². The van der Waals surface area contributed by atoms with Gasteiger partial charge in [0, 0.05) is 19.1 Å². The van der Waals surface area contributed by atoms with E-state index in [1.165, 1.54) is 11.5 Å². The Bertz CT molecular complexity index is 332. The minimum absolute atomic E-state index is 0.455. The second-order valence-electron chi connectivity index (χ2n) is 3.75. The lowest BCUT2D eigenvalue weighted by Crippen LogP contribution is -2.43. The van der Waals surface area contributed by atoms with Crippen LogP contribution in [0.1, 0.15) is 19.2 Å². The SMILES string of the molecule is CCc1nsc(SC2COCCC2NC)n1. The number of nitrogens with one attached hydrogen (secondary N) is 1. The van der Waals surface area contributed by atoms with Crippen molar-refractivity contribution >= 4 is 23.3 Å². The topological polar surface area (TPSA) is 47.0 Å². The number of hydrogen-bond acceptors (Lipinski definition) is 6. The number of aryl methyl sites for hydroxylation is 1. The molecule has 1 aliphatic rings. The summed E-state index contributed by atoms with van der Waals surface area (Å²) >= 11 is 3.29. The van der Waals surface area contributed by atoms with Gasteiger partial charge in [0.1, 0.15) is 5.82 Å². The number of hydrogen-bond donors (Lipinski definition) is 1. The highest BCUT2D eigenvalue weighted by molar-refractivity contribution is 8.01. The van der Waals surface area contributed by atoms with E-state index in [2.05, 4.69) is 21.6 Å². The van der Waals surface area contributed by atoms with Gasteiger partial charge in [0.25, 0.3) is 0 Å². The molecule has 1 aliphatic heterocycles. The van der Waals surface area contributed by atoms with Crippen LogP contribution in [-0.2, 0) is 11.2 Å². The summed E-state index contributed by atoms with van der Waals surface area (Å²) < 4.78 is 10.9. The van der Waals surface area contributed by atoms with Crippen LogP contribution < -0.4 is 5.32 Å². The maximum atomic E-state index is 5.52. The Morgan fingerprint density at radius 3 is 3.19 bits per heavy atom. The summed E-state index contributed by atoms with van der Waals surface area (Å²) in [4.78, 5) is 4.48. The molecule has 2 rings (SSSR count). The molecule has 0 aliphatic carbocycles. The van der Waals surface area contributed by atoms with Crippen molar-refractivity contribution in [3.05, 3.63) is 5.82 Å². The summed E-state index contributed by atoms with van der Waals surface area (Å²) in [7, 11) is 2.01. The Labute approximate surface area is 104 Å². The van der Waals surface area contributed by atoms with Crippen LogP contribution in [0, 0.1) is 0 Å². The Morgan fingerprint density at radius 2 is 2.50 bits per heavy atom. The van der Waals surface area contributed by atoms with Crippen LogP contribution >= 0.6 is 23.3 Å². The van der Waals surface area contributed by atoms with Crippen molar-refractivity contribution in [1.29, 1.82) is 0 Å². The molecule has 4 nitrogen and oxygen atoms in total. The molecule has 6 heteroatoms. The summed E-state index contributed by atoms with van der Waals surface area (Å²) in [6, 6.07) is 0.521. The van der Waals surface area contributed by atoms with E-state index >= 15 is 0 Å². The lowest BCUT2D eigenvalue weighted by molar-refractivity contribution is 0.0850.